The number of halogens is 1. The van der Waals surface area contributed by atoms with Crippen molar-refractivity contribution in [1.82, 2.24) is 4.98 Å². The molecule has 0 aliphatic carbocycles. The van der Waals surface area contributed by atoms with Crippen LogP contribution in [0.2, 0.25) is 0 Å². The van der Waals surface area contributed by atoms with Gasteiger partial charge in [-0.1, -0.05) is 15.9 Å². The predicted molar refractivity (Wildman–Crippen MR) is 48.7 cm³/mol. The third-order valence-electron chi connectivity index (χ3n) is 1.89. The number of rotatable bonds is 0. The van der Waals surface area contributed by atoms with Gasteiger partial charge in [-0.2, -0.15) is 0 Å². The molecular weight excluding hydrogens is 204 g/mol. The summed E-state index contributed by atoms with van der Waals surface area (Å²) in [6.45, 7) is 2.16. The van der Waals surface area contributed by atoms with Gasteiger partial charge in [0.1, 0.15) is 5.82 Å². The van der Waals surface area contributed by atoms with Crippen LogP contribution in [0.5, 0.6) is 0 Å². The Kier molecular flexibility index (Phi) is 1.60. The van der Waals surface area contributed by atoms with Crippen LogP contribution in [-0.2, 0) is 6.42 Å². The van der Waals surface area contributed by atoms with Crippen molar-refractivity contribution in [3.8, 4) is 0 Å². The number of pyridine rings is 1. The summed E-state index contributed by atoms with van der Waals surface area (Å²) in [7, 11) is 0. The quantitative estimate of drug-likeness (QED) is 0.714. The summed E-state index contributed by atoms with van der Waals surface area (Å²) in [6.07, 6.45) is 2.89. The number of hydrogen-bond donors (Lipinski definition) is 1. The minimum Gasteiger partial charge on any atom is -0.367 e. The summed E-state index contributed by atoms with van der Waals surface area (Å²) in [5.74, 6) is 1.03. The van der Waals surface area contributed by atoms with Gasteiger partial charge in [0.2, 0.25) is 0 Å². The van der Waals surface area contributed by atoms with Crippen LogP contribution in [0.15, 0.2) is 16.7 Å². The summed E-state index contributed by atoms with van der Waals surface area (Å²) in [4.78, 5) is 4.23. The van der Waals surface area contributed by atoms with Crippen molar-refractivity contribution in [2.75, 3.05) is 5.32 Å². The maximum atomic E-state index is 4.23. The largest absolute Gasteiger partial charge is 0.367 e. The third-order valence-corrected chi connectivity index (χ3v) is 2.64. The minimum absolute atomic E-state index is 0.524. The van der Waals surface area contributed by atoms with E-state index < -0.39 is 0 Å². The molecule has 0 amide bonds. The molecule has 1 N–H and O–H groups in total. The monoisotopic (exact) mass is 212 g/mol. The van der Waals surface area contributed by atoms with Gasteiger partial charge in [-0.25, -0.2) is 4.98 Å². The average molecular weight is 213 g/mol. The van der Waals surface area contributed by atoms with E-state index in [4.69, 9.17) is 0 Å². The Morgan fingerprint density at radius 1 is 1.73 bits per heavy atom. The molecule has 0 bridgehead atoms. The number of anilines is 1. The second-order valence-corrected chi connectivity index (χ2v) is 3.72. The van der Waals surface area contributed by atoms with E-state index in [1.165, 1.54) is 10.0 Å². The highest BCUT2D eigenvalue weighted by atomic mass is 79.9. The molecule has 0 spiro atoms. The predicted octanol–water partition coefficient (Wildman–Crippen LogP) is 2.20. The first-order valence-electron chi connectivity index (χ1n) is 3.67. The molecule has 11 heavy (non-hydrogen) atoms. The molecule has 0 radical (unpaired) electrons. The van der Waals surface area contributed by atoms with Gasteiger partial charge in [0, 0.05) is 22.3 Å². The highest BCUT2D eigenvalue weighted by Gasteiger charge is 2.19. The number of hydrogen-bond acceptors (Lipinski definition) is 2. The maximum absolute atomic E-state index is 4.23. The van der Waals surface area contributed by atoms with E-state index in [-0.39, 0.29) is 0 Å². The lowest BCUT2D eigenvalue weighted by molar-refractivity contribution is 0.837. The van der Waals surface area contributed by atoms with Crippen LogP contribution in [0.25, 0.3) is 0 Å². The molecule has 0 fully saturated rings. The Labute approximate surface area is 74.2 Å². The maximum Gasteiger partial charge on any atom is 0.130 e. The molecule has 1 aromatic rings. The molecular formula is C8H9BrN2. The van der Waals surface area contributed by atoms with Crippen molar-refractivity contribution in [1.29, 1.82) is 0 Å². The average Bonchev–Trinajstić information content (AvgIpc) is 2.31. The molecule has 1 aromatic heterocycles. The van der Waals surface area contributed by atoms with E-state index in [1.807, 2.05) is 12.3 Å². The second-order valence-electron chi connectivity index (χ2n) is 2.87. The fourth-order valence-corrected chi connectivity index (χ4v) is 1.85. The van der Waals surface area contributed by atoms with E-state index in [0.29, 0.717) is 6.04 Å². The van der Waals surface area contributed by atoms with Gasteiger partial charge >= 0.3 is 0 Å². The zero-order chi connectivity index (χ0) is 7.84. The van der Waals surface area contributed by atoms with E-state index >= 15 is 0 Å². The molecule has 1 aliphatic heterocycles. The topological polar surface area (TPSA) is 24.9 Å². The van der Waals surface area contributed by atoms with E-state index in [2.05, 4.69) is 33.2 Å². The molecule has 0 saturated heterocycles. The van der Waals surface area contributed by atoms with Gasteiger partial charge in [0.05, 0.1) is 0 Å². The molecule has 1 atom stereocenters. The first kappa shape index (κ1) is 7.10. The second kappa shape index (κ2) is 2.48. The van der Waals surface area contributed by atoms with Gasteiger partial charge < -0.3 is 5.32 Å². The Bertz CT molecular complexity index is 285. The van der Waals surface area contributed by atoms with Gasteiger partial charge in [0.25, 0.3) is 0 Å². The summed E-state index contributed by atoms with van der Waals surface area (Å²) in [5, 5.41) is 3.30. The molecule has 0 saturated carbocycles. The minimum atomic E-state index is 0.524. The molecule has 3 heteroatoms. The van der Waals surface area contributed by atoms with Crippen molar-refractivity contribution in [3.63, 3.8) is 0 Å². The number of fused-ring (bicyclic) bond motifs is 1. The summed E-state index contributed by atoms with van der Waals surface area (Å²) < 4.78 is 1.17. The van der Waals surface area contributed by atoms with Crippen LogP contribution >= 0.6 is 15.9 Å². The van der Waals surface area contributed by atoms with Crippen molar-refractivity contribution in [2.45, 2.75) is 19.4 Å². The Morgan fingerprint density at radius 3 is 3.27 bits per heavy atom. The smallest absolute Gasteiger partial charge is 0.130 e. The standard InChI is InChI=1S/C8H9BrN2/c1-5-4-6-7(9)2-3-10-8(6)11-5/h2-3,5H,4H2,1H3,(H,10,11). The first-order chi connectivity index (χ1) is 5.27. The highest BCUT2D eigenvalue weighted by molar-refractivity contribution is 9.10. The lowest BCUT2D eigenvalue weighted by Gasteiger charge is -1.99. The molecule has 1 unspecified atom stereocenters. The van der Waals surface area contributed by atoms with Crippen LogP contribution < -0.4 is 5.32 Å². The molecule has 58 valence electrons. The van der Waals surface area contributed by atoms with Gasteiger partial charge in [-0.3, -0.25) is 0 Å². The fourth-order valence-electron chi connectivity index (χ4n) is 1.38. The number of aromatic nitrogens is 1. The summed E-state index contributed by atoms with van der Waals surface area (Å²) >= 11 is 3.49. The third kappa shape index (κ3) is 1.13. The normalized spacial score (nSPS) is 21.1. The van der Waals surface area contributed by atoms with Crippen molar-refractivity contribution in [2.24, 2.45) is 0 Å². The van der Waals surface area contributed by atoms with Crippen LogP contribution in [0.4, 0.5) is 5.82 Å². The summed E-state index contributed by atoms with van der Waals surface area (Å²) in [5.41, 5.74) is 1.31. The van der Waals surface area contributed by atoms with Crippen LogP contribution in [0, 0.1) is 0 Å². The van der Waals surface area contributed by atoms with Gasteiger partial charge in [-0.05, 0) is 19.4 Å². The molecule has 2 rings (SSSR count). The van der Waals surface area contributed by atoms with E-state index in [9.17, 15) is 0 Å². The first-order valence-corrected chi connectivity index (χ1v) is 4.46. The van der Waals surface area contributed by atoms with Crippen LogP contribution in [0.3, 0.4) is 0 Å². The Morgan fingerprint density at radius 2 is 2.55 bits per heavy atom. The zero-order valence-corrected chi connectivity index (χ0v) is 7.85. The fraction of sp³-hybridized carbons (Fsp3) is 0.375. The van der Waals surface area contributed by atoms with Crippen molar-refractivity contribution < 1.29 is 0 Å². The molecule has 2 nitrogen and oxygen atoms in total. The van der Waals surface area contributed by atoms with E-state index in [0.717, 1.165) is 12.2 Å². The van der Waals surface area contributed by atoms with Gasteiger partial charge in [0.15, 0.2) is 0 Å². The molecule has 0 aromatic carbocycles. The highest BCUT2D eigenvalue weighted by Crippen LogP contribution is 2.29. The Hall–Kier alpha value is -0.570. The SMILES string of the molecule is CC1Cc2c(Br)ccnc2N1. The zero-order valence-electron chi connectivity index (χ0n) is 6.26. The van der Waals surface area contributed by atoms with Crippen molar-refractivity contribution in [3.05, 3.63) is 22.3 Å². The summed E-state index contributed by atoms with van der Waals surface area (Å²) in [6, 6.07) is 2.51. The Balaban J connectivity index is 2.49. The van der Waals surface area contributed by atoms with E-state index in [1.54, 1.807) is 0 Å². The lowest BCUT2D eigenvalue weighted by Crippen LogP contribution is -2.08. The van der Waals surface area contributed by atoms with Crippen molar-refractivity contribution >= 4 is 21.7 Å². The lowest BCUT2D eigenvalue weighted by atomic mass is 10.2. The van der Waals surface area contributed by atoms with Gasteiger partial charge in [-0.15, -0.1) is 0 Å². The number of nitrogens with zero attached hydrogens (tertiary/aromatic N) is 1. The van der Waals surface area contributed by atoms with Crippen LogP contribution in [0.1, 0.15) is 12.5 Å². The molecule has 2 heterocycles. The number of nitrogens with one attached hydrogen (secondary N) is 1. The molecule has 1 aliphatic rings. The van der Waals surface area contributed by atoms with Crippen LogP contribution in [-0.4, -0.2) is 11.0 Å².